The molecule has 144 valence electrons. The predicted octanol–water partition coefficient (Wildman–Crippen LogP) is 3.59. The Labute approximate surface area is 156 Å². The zero-order valence-electron chi connectivity index (χ0n) is 15.9. The minimum Gasteiger partial charge on any atom is -0.396 e. The first kappa shape index (κ1) is 18.5. The summed E-state index contributed by atoms with van der Waals surface area (Å²) in [6, 6.07) is 8.74. The normalized spacial score (nSPS) is 41.2. The van der Waals surface area contributed by atoms with Crippen LogP contribution in [0.1, 0.15) is 52.9 Å². The Kier molecular flexibility index (Phi) is 4.11. The van der Waals surface area contributed by atoms with E-state index in [2.05, 4.69) is 20.8 Å². The van der Waals surface area contributed by atoms with Gasteiger partial charge in [-0.15, -0.1) is 0 Å². The van der Waals surface area contributed by atoms with Crippen LogP contribution >= 0.6 is 0 Å². The van der Waals surface area contributed by atoms with Crippen molar-refractivity contribution in [3.63, 3.8) is 0 Å². The van der Waals surface area contributed by atoms with Crippen LogP contribution in [0.5, 0.6) is 0 Å². The Hall–Kier alpha value is -0.910. The molecule has 0 aromatic heterocycles. The molecule has 0 amide bonds. The minimum atomic E-state index is -3.51. The Bertz CT molecular complexity index is 787. The number of benzene rings is 1. The van der Waals surface area contributed by atoms with E-state index < -0.39 is 20.7 Å². The fraction of sp³-hybridized carbons (Fsp3) is 0.714. The summed E-state index contributed by atoms with van der Waals surface area (Å²) in [4.78, 5) is 0.369. The van der Waals surface area contributed by atoms with Crippen LogP contribution < -0.4 is 0 Å². The van der Waals surface area contributed by atoms with E-state index in [9.17, 15) is 13.5 Å². The highest BCUT2D eigenvalue weighted by Crippen LogP contribution is 2.69. The lowest BCUT2D eigenvalue weighted by Gasteiger charge is -2.54. The maximum atomic E-state index is 13.5. The molecule has 1 heterocycles. The van der Waals surface area contributed by atoms with Gasteiger partial charge in [0, 0.05) is 18.4 Å². The molecule has 1 aromatic rings. The molecule has 1 aromatic carbocycles. The first-order valence-electron chi connectivity index (χ1n) is 9.76. The second kappa shape index (κ2) is 5.79. The van der Waals surface area contributed by atoms with Gasteiger partial charge in [0.1, 0.15) is 5.60 Å². The van der Waals surface area contributed by atoms with Crippen molar-refractivity contribution in [3.8, 4) is 0 Å². The lowest BCUT2D eigenvalue weighted by atomic mass is 9.50. The number of epoxide rings is 1. The number of hydrogen-bond donors (Lipinski definition) is 1. The summed E-state index contributed by atoms with van der Waals surface area (Å²) >= 11 is 0. The van der Waals surface area contributed by atoms with Crippen molar-refractivity contribution in [3.05, 3.63) is 30.3 Å². The van der Waals surface area contributed by atoms with Gasteiger partial charge in [-0.2, -0.15) is 0 Å². The largest absolute Gasteiger partial charge is 0.396 e. The molecule has 5 heteroatoms. The number of rotatable bonds is 4. The topological polar surface area (TPSA) is 66.9 Å². The van der Waals surface area contributed by atoms with Crippen LogP contribution in [0, 0.1) is 16.7 Å². The lowest BCUT2D eigenvalue weighted by molar-refractivity contribution is -0.0320. The number of aliphatic hydroxyl groups excluding tert-OH is 1. The summed E-state index contributed by atoms with van der Waals surface area (Å²) in [6.07, 6.45) is 4.32. The number of ether oxygens (including phenoxy) is 1. The molecule has 2 saturated carbocycles. The Morgan fingerprint density at radius 3 is 2.50 bits per heavy atom. The molecule has 0 bridgehead atoms. The van der Waals surface area contributed by atoms with Gasteiger partial charge in [0.25, 0.3) is 0 Å². The average molecular weight is 379 g/mol. The van der Waals surface area contributed by atoms with Gasteiger partial charge in [-0.3, -0.25) is 0 Å². The van der Waals surface area contributed by atoms with Crippen molar-refractivity contribution < 1.29 is 18.3 Å². The van der Waals surface area contributed by atoms with Crippen LogP contribution in [0.3, 0.4) is 0 Å². The Morgan fingerprint density at radius 2 is 1.85 bits per heavy atom. The number of sulfone groups is 1. The number of aliphatic hydroxyl groups is 1. The highest BCUT2D eigenvalue weighted by atomic mass is 32.2. The first-order valence-corrected chi connectivity index (χ1v) is 11.3. The maximum Gasteiger partial charge on any atom is 0.184 e. The molecule has 0 unspecified atom stereocenters. The second-order valence-electron chi connectivity index (χ2n) is 9.41. The standard InChI is InChI=1S/C21H30O4S/c1-19(2)10-7-11-20(3)16(19)14-17(21(12-13-22)18(20)25-21)26(23,24)15-8-5-4-6-9-15/h4-6,8-9,16-18,22H,7,10-14H2,1-3H3/t16-,17+,18-,20-,21+/m0/s1. The quantitative estimate of drug-likeness (QED) is 0.813. The van der Waals surface area contributed by atoms with Crippen LogP contribution in [-0.4, -0.2) is 37.1 Å². The van der Waals surface area contributed by atoms with Crippen LogP contribution in [0.15, 0.2) is 35.2 Å². The van der Waals surface area contributed by atoms with Crippen molar-refractivity contribution in [2.45, 2.75) is 74.7 Å². The van der Waals surface area contributed by atoms with Crippen molar-refractivity contribution in [2.75, 3.05) is 6.61 Å². The van der Waals surface area contributed by atoms with E-state index in [1.807, 2.05) is 6.07 Å². The molecular formula is C21H30O4S. The molecule has 4 nitrogen and oxygen atoms in total. The minimum absolute atomic E-state index is 0.000369. The van der Waals surface area contributed by atoms with Crippen LogP contribution in [0.4, 0.5) is 0 Å². The smallest absolute Gasteiger partial charge is 0.184 e. The van der Waals surface area contributed by atoms with E-state index in [-0.39, 0.29) is 23.5 Å². The van der Waals surface area contributed by atoms with Gasteiger partial charge in [0.2, 0.25) is 0 Å². The highest BCUT2D eigenvalue weighted by molar-refractivity contribution is 7.92. The van der Waals surface area contributed by atoms with E-state index in [0.717, 1.165) is 19.3 Å². The van der Waals surface area contributed by atoms with E-state index in [0.29, 0.717) is 23.7 Å². The van der Waals surface area contributed by atoms with Gasteiger partial charge in [0.05, 0.1) is 16.2 Å². The summed E-state index contributed by atoms with van der Waals surface area (Å²) in [5, 5.41) is 9.09. The van der Waals surface area contributed by atoms with Crippen LogP contribution in [0.25, 0.3) is 0 Å². The third kappa shape index (κ3) is 2.43. The summed E-state index contributed by atoms with van der Waals surface area (Å²) in [6.45, 7) is 6.81. The molecule has 1 saturated heterocycles. The second-order valence-corrected chi connectivity index (χ2v) is 11.5. The summed E-state index contributed by atoms with van der Waals surface area (Å²) in [7, 11) is -3.51. The number of fused-ring (bicyclic) bond motifs is 3. The summed E-state index contributed by atoms with van der Waals surface area (Å²) in [5.41, 5.74) is -0.615. The van der Waals surface area contributed by atoms with Gasteiger partial charge in [-0.25, -0.2) is 8.42 Å². The van der Waals surface area contributed by atoms with Gasteiger partial charge in [-0.05, 0) is 42.7 Å². The van der Waals surface area contributed by atoms with E-state index in [1.54, 1.807) is 24.3 Å². The molecule has 3 fully saturated rings. The fourth-order valence-electron chi connectivity index (χ4n) is 6.29. The molecule has 0 radical (unpaired) electrons. The maximum absolute atomic E-state index is 13.5. The molecule has 1 aliphatic heterocycles. The molecular weight excluding hydrogens is 348 g/mol. The van der Waals surface area contributed by atoms with Gasteiger partial charge >= 0.3 is 0 Å². The van der Waals surface area contributed by atoms with Crippen molar-refractivity contribution in [2.24, 2.45) is 16.7 Å². The first-order chi connectivity index (χ1) is 12.2. The average Bonchev–Trinajstić information content (AvgIpc) is 3.31. The molecule has 2 aliphatic carbocycles. The van der Waals surface area contributed by atoms with Gasteiger partial charge < -0.3 is 9.84 Å². The van der Waals surface area contributed by atoms with Crippen LogP contribution in [0.2, 0.25) is 0 Å². The zero-order chi connectivity index (χ0) is 18.8. The SMILES string of the molecule is CC1(C)CCC[C@@]2(C)[C@H]1C[C@@H](S(=O)(=O)c1ccccc1)[C@@]1(CCO)O[C@@H]21. The molecule has 3 aliphatic rings. The summed E-state index contributed by atoms with van der Waals surface area (Å²) < 4.78 is 33.3. The fourth-order valence-corrected chi connectivity index (χ4v) is 8.43. The molecule has 4 rings (SSSR count). The zero-order valence-corrected chi connectivity index (χ0v) is 16.8. The molecule has 5 atom stereocenters. The number of hydrogen-bond acceptors (Lipinski definition) is 4. The molecule has 26 heavy (non-hydrogen) atoms. The lowest BCUT2D eigenvalue weighted by Crippen LogP contribution is -2.57. The van der Waals surface area contributed by atoms with Gasteiger partial charge in [-0.1, -0.05) is 45.4 Å². The van der Waals surface area contributed by atoms with Crippen molar-refractivity contribution >= 4 is 9.84 Å². The van der Waals surface area contributed by atoms with E-state index in [1.165, 1.54) is 0 Å². The van der Waals surface area contributed by atoms with Crippen molar-refractivity contribution in [1.82, 2.24) is 0 Å². The molecule has 0 spiro atoms. The third-order valence-corrected chi connectivity index (χ3v) is 9.81. The summed E-state index contributed by atoms with van der Waals surface area (Å²) in [5.74, 6) is 0.312. The Balaban J connectivity index is 1.80. The molecule has 1 N–H and O–H groups in total. The third-order valence-electron chi connectivity index (χ3n) is 7.54. The van der Waals surface area contributed by atoms with Crippen molar-refractivity contribution in [1.29, 1.82) is 0 Å². The van der Waals surface area contributed by atoms with Gasteiger partial charge in [0.15, 0.2) is 9.84 Å². The van der Waals surface area contributed by atoms with E-state index >= 15 is 0 Å². The highest BCUT2D eigenvalue weighted by Gasteiger charge is 2.76. The predicted molar refractivity (Wildman–Crippen MR) is 101 cm³/mol. The van der Waals surface area contributed by atoms with E-state index in [4.69, 9.17) is 4.74 Å². The Morgan fingerprint density at radius 1 is 1.15 bits per heavy atom. The monoisotopic (exact) mass is 378 g/mol. The van der Waals surface area contributed by atoms with Crippen LogP contribution in [-0.2, 0) is 14.6 Å².